The van der Waals surface area contributed by atoms with Crippen molar-refractivity contribution in [3.63, 3.8) is 0 Å². The SMILES string of the molecule is N#CCN1C(=O)S/C(=C\c2ccc(O)cc2)C1=O. The maximum Gasteiger partial charge on any atom is 0.294 e. The summed E-state index contributed by atoms with van der Waals surface area (Å²) in [5.41, 5.74) is 0.704. The van der Waals surface area contributed by atoms with Crippen LogP contribution in [0.4, 0.5) is 4.79 Å². The summed E-state index contributed by atoms with van der Waals surface area (Å²) in [7, 11) is 0. The molecule has 1 N–H and O–H groups in total. The molecule has 0 spiro atoms. The second-order valence-electron chi connectivity index (χ2n) is 3.52. The fourth-order valence-electron chi connectivity index (χ4n) is 1.43. The standard InChI is InChI=1S/C12H8N2O3S/c13-5-6-14-11(16)10(18-12(14)17)7-8-1-3-9(15)4-2-8/h1-4,7,15H,6H2/b10-7-. The van der Waals surface area contributed by atoms with Crippen LogP contribution in [0.5, 0.6) is 5.75 Å². The van der Waals surface area contributed by atoms with E-state index in [-0.39, 0.29) is 17.2 Å². The Morgan fingerprint density at radius 3 is 2.61 bits per heavy atom. The number of benzene rings is 1. The van der Waals surface area contributed by atoms with Crippen molar-refractivity contribution >= 4 is 29.0 Å². The molecule has 1 aliphatic heterocycles. The minimum Gasteiger partial charge on any atom is -0.508 e. The fourth-order valence-corrected chi connectivity index (χ4v) is 2.27. The van der Waals surface area contributed by atoms with Gasteiger partial charge >= 0.3 is 0 Å². The Balaban J connectivity index is 2.25. The maximum atomic E-state index is 11.8. The Morgan fingerprint density at radius 2 is 2.00 bits per heavy atom. The number of rotatable bonds is 2. The van der Waals surface area contributed by atoms with E-state index in [4.69, 9.17) is 10.4 Å². The highest BCUT2D eigenvalue weighted by molar-refractivity contribution is 8.18. The fraction of sp³-hybridized carbons (Fsp3) is 0.0833. The highest BCUT2D eigenvalue weighted by atomic mass is 32.2. The van der Waals surface area contributed by atoms with Crippen LogP contribution in [0, 0.1) is 11.3 Å². The van der Waals surface area contributed by atoms with Gasteiger partial charge in [-0.3, -0.25) is 14.5 Å². The first kappa shape index (κ1) is 12.2. The molecule has 1 heterocycles. The minimum atomic E-state index is -0.459. The van der Waals surface area contributed by atoms with Crippen LogP contribution >= 0.6 is 11.8 Å². The van der Waals surface area contributed by atoms with Crippen LogP contribution in [0.15, 0.2) is 29.2 Å². The van der Waals surface area contributed by atoms with E-state index in [0.717, 1.165) is 16.7 Å². The van der Waals surface area contributed by atoms with E-state index >= 15 is 0 Å². The van der Waals surface area contributed by atoms with Crippen molar-refractivity contribution in [3.05, 3.63) is 34.7 Å². The van der Waals surface area contributed by atoms with Gasteiger partial charge in [0.25, 0.3) is 11.1 Å². The van der Waals surface area contributed by atoms with Crippen LogP contribution in [-0.4, -0.2) is 27.7 Å². The average molecular weight is 260 g/mol. The number of imide groups is 1. The first-order valence-corrected chi connectivity index (χ1v) is 5.85. The molecule has 0 aromatic heterocycles. The molecule has 0 saturated carbocycles. The van der Waals surface area contributed by atoms with Crippen molar-refractivity contribution < 1.29 is 14.7 Å². The van der Waals surface area contributed by atoms with E-state index < -0.39 is 11.1 Å². The van der Waals surface area contributed by atoms with Crippen LogP contribution in [0.25, 0.3) is 6.08 Å². The second kappa shape index (κ2) is 4.94. The molecule has 0 unspecified atom stereocenters. The largest absolute Gasteiger partial charge is 0.508 e. The Bertz CT molecular complexity index is 572. The van der Waals surface area contributed by atoms with Crippen LogP contribution in [0.3, 0.4) is 0 Å². The lowest BCUT2D eigenvalue weighted by Crippen LogP contribution is -2.28. The van der Waals surface area contributed by atoms with Crippen molar-refractivity contribution in [2.75, 3.05) is 6.54 Å². The zero-order chi connectivity index (χ0) is 13.1. The molecular formula is C12H8N2O3S. The van der Waals surface area contributed by atoms with Gasteiger partial charge in [0.1, 0.15) is 12.3 Å². The van der Waals surface area contributed by atoms with E-state index in [2.05, 4.69) is 0 Å². The monoisotopic (exact) mass is 260 g/mol. The number of thioether (sulfide) groups is 1. The van der Waals surface area contributed by atoms with Gasteiger partial charge in [-0.2, -0.15) is 5.26 Å². The summed E-state index contributed by atoms with van der Waals surface area (Å²) in [6, 6.07) is 8.02. The quantitative estimate of drug-likeness (QED) is 0.649. The minimum absolute atomic E-state index is 0.129. The number of phenols is 1. The van der Waals surface area contributed by atoms with Crippen molar-refractivity contribution in [1.29, 1.82) is 5.26 Å². The number of aromatic hydroxyl groups is 1. The lowest BCUT2D eigenvalue weighted by Gasteiger charge is -2.05. The number of nitrogens with zero attached hydrogens (tertiary/aromatic N) is 2. The summed E-state index contributed by atoms with van der Waals surface area (Å²) in [4.78, 5) is 24.4. The maximum absolute atomic E-state index is 11.8. The van der Waals surface area contributed by atoms with E-state index in [0.29, 0.717) is 5.56 Å². The topological polar surface area (TPSA) is 81.4 Å². The summed E-state index contributed by atoms with van der Waals surface area (Å²) < 4.78 is 0. The molecule has 2 rings (SSSR count). The summed E-state index contributed by atoms with van der Waals surface area (Å²) in [6.07, 6.45) is 1.56. The molecule has 90 valence electrons. The first-order valence-electron chi connectivity index (χ1n) is 5.03. The molecule has 0 atom stereocenters. The highest BCUT2D eigenvalue weighted by Gasteiger charge is 2.34. The molecule has 0 aliphatic carbocycles. The molecule has 2 amide bonds. The van der Waals surface area contributed by atoms with Crippen molar-refractivity contribution in [2.45, 2.75) is 0 Å². The van der Waals surface area contributed by atoms with Gasteiger partial charge in [-0.05, 0) is 35.5 Å². The van der Waals surface area contributed by atoms with Gasteiger partial charge in [0.05, 0.1) is 11.0 Å². The van der Waals surface area contributed by atoms with Gasteiger partial charge in [-0.1, -0.05) is 12.1 Å². The predicted molar refractivity (Wildman–Crippen MR) is 66.4 cm³/mol. The van der Waals surface area contributed by atoms with Crippen LogP contribution in [0.1, 0.15) is 5.56 Å². The molecule has 1 fully saturated rings. The molecule has 1 aromatic carbocycles. The lowest BCUT2D eigenvalue weighted by atomic mass is 10.2. The highest BCUT2D eigenvalue weighted by Crippen LogP contribution is 2.31. The van der Waals surface area contributed by atoms with Gasteiger partial charge in [-0.15, -0.1) is 0 Å². The number of hydrogen-bond acceptors (Lipinski definition) is 5. The van der Waals surface area contributed by atoms with E-state index in [1.54, 1.807) is 24.3 Å². The normalized spacial score (nSPS) is 17.3. The average Bonchev–Trinajstić information content (AvgIpc) is 2.60. The third-order valence-corrected chi connectivity index (χ3v) is 3.20. The first-order chi connectivity index (χ1) is 8.61. The Kier molecular flexibility index (Phi) is 3.35. The van der Waals surface area contributed by atoms with Crippen LogP contribution in [-0.2, 0) is 4.79 Å². The summed E-state index contributed by atoms with van der Waals surface area (Å²) in [5, 5.41) is 17.2. The molecule has 1 aliphatic rings. The molecule has 6 heteroatoms. The van der Waals surface area contributed by atoms with E-state index in [9.17, 15) is 9.59 Å². The molecule has 0 radical (unpaired) electrons. The van der Waals surface area contributed by atoms with Gasteiger partial charge in [-0.25, -0.2) is 0 Å². The Labute approximate surface area is 107 Å². The summed E-state index contributed by atoms with van der Waals surface area (Å²) in [5.74, 6) is -0.329. The van der Waals surface area contributed by atoms with E-state index in [1.165, 1.54) is 12.1 Å². The van der Waals surface area contributed by atoms with Gasteiger partial charge in [0.15, 0.2) is 0 Å². The molecule has 1 aromatic rings. The summed E-state index contributed by atoms with van der Waals surface area (Å²) >= 11 is 0.806. The third-order valence-electron chi connectivity index (χ3n) is 2.29. The van der Waals surface area contributed by atoms with Crippen molar-refractivity contribution in [2.24, 2.45) is 0 Å². The second-order valence-corrected chi connectivity index (χ2v) is 4.51. The smallest absolute Gasteiger partial charge is 0.294 e. The van der Waals surface area contributed by atoms with Crippen molar-refractivity contribution in [3.8, 4) is 11.8 Å². The Hall–Kier alpha value is -2.26. The van der Waals surface area contributed by atoms with Gasteiger partial charge in [0.2, 0.25) is 0 Å². The molecule has 5 nitrogen and oxygen atoms in total. The summed E-state index contributed by atoms with van der Waals surface area (Å²) in [6.45, 7) is -0.239. The number of carbonyl (C=O) groups is 2. The molecule has 18 heavy (non-hydrogen) atoms. The van der Waals surface area contributed by atoms with Crippen LogP contribution in [0.2, 0.25) is 0 Å². The molecule has 0 bridgehead atoms. The van der Waals surface area contributed by atoms with Crippen molar-refractivity contribution in [1.82, 2.24) is 4.90 Å². The zero-order valence-corrected chi connectivity index (χ0v) is 9.98. The lowest BCUT2D eigenvalue weighted by molar-refractivity contribution is -0.122. The number of nitriles is 1. The van der Waals surface area contributed by atoms with Gasteiger partial charge < -0.3 is 5.11 Å². The third kappa shape index (κ3) is 2.36. The molecule has 1 saturated heterocycles. The molecular weight excluding hydrogens is 252 g/mol. The Morgan fingerprint density at radius 1 is 1.33 bits per heavy atom. The number of amides is 2. The number of carbonyl (C=O) groups excluding carboxylic acids is 2. The number of phenolic OH excluding ortho intramolecular Hbond substituents is 1. The van der Waals surface area contributed by atoms with Gasteiger partial charge in [0, 0.05) is 0 Å². The number of hydrogen-bond donors (Lipinski definition) is 1. The van der Waals surface area contributed by atoms with Crippen LogP contribution < -0.4 is 0 Å². The van der Waals surface area contributed by atoms with E-state index in [1.807, 2.05) is 0 Å². The predicted octanol–water partition coefficient (Wildman–Crippen LogP) is 1.95. The zero-order valence-electron chi connectivity index (χ0n) is 9.16.